The highest BCUT2D eigenvalue weighted by molar-refractivity contribution is 6.00. The molecule has 0 heterocycles. The first-order valence-corrected chi connectivity index (χ1v) is 32.0. The Hall–Kier alpha value is -11.7. The highest BCUT2D eigenvalue weighted by Crippen LogP contribution is 2.18. The van der Waals surface area contributed by atoms with Crippen molar-refractivity contribution in [2.75, 3.05) is 0 Å². The van der Waals surface area contributed by atoms with Gasteiger partial charge in [0.05, 0.1) is 31.1 Å². The molecule has 5 aromatic carbocycles. The SMILES string of the molecule is CC(C)[C@H](NC(=O)[C@H](Cc1ccc(O)cc1)NC(=O)[C@@H](N)Cc1ccc(O)cc1)C(=O)N[C@H](C(=O)N[C@@H](CC(=O)O)C(=O)N[C@H](C(=O)N[C@@H](C)C(=O)N[C@@H](Cc1ccc(O)cc1)C(=O)N[C@@H](Cc1ccccc1)C(=O)N[C@@H](CC(=O)O)C(=O)N[C@@H](Cc1ccc(O)cc1)C(=O)O)[C@@H](C)O)[C@@H](C)O. The predicted molar refractivity (Wildman–Crippen MR) is 361 cm³/mol. The summed E-state index contributed by atoms with van der Waals surface area (Å²) < 4.78 is 0. The molecule has 0 aliphatic heterocycles. The first-order chi connectivity index (χ1) is 48.1. The highest BCUT2D eigenvalue weighted by atomic mass is 16.4. The van der Waals surface area contributed by atoms with Gasteiger partial charge in [0, 0.05) is 25.7 Å². The quantitative estimate of drug-likeness (QED) is 0.0197. The Morgan fingerprint density at radius 3 is 0.971 bits per heavy atom. The molecule has 0 aliphatic rings. The van der Waals surface area contributed by atoms with Crippen LogP contribution >= 0.6 is 0 Å². The largest absolute Gasteiger partial charge is 0.508 e. The van der Waals surface area contributed by atoms with Crippen LogP contribution in [0.4, 0.5) is 0 Å². The molecule has 10 amide bonds. The van der Waals surface area contributed by atoms with Crippen LogP contribution in [-0.2, 0) is 94.4 Å². The number of phenols is 4. The van der Waals surface area contributed by atoms with Crippen LogP contribution in [-0.4, -0.2) is 202 Å². The van der Waals surface area contributed by atoms with Gasteiger partial charge in [-0.05, 0) is 109 Å². The van der Waals surface area contributed by atoms with Crippen molar-refractivity contribution in [1.29, 1.82) is 0 Å². The molecular formula is C69H85N11O22. The summed E-state index contributed by atoms with van der Waals surface area (Å²) >= 11 is 0. The predicted octanol–water partition coefficient (Wildman–Crippen LogP) is -2.33. The van der Waals surface area contributed by atoms with Gasteiger partial charge in [0.15, 0.2) is 0 Å². The molecule has 5 aromatic rings. The molecule has 102 heavy (non-hydrogen) atoms. The minimum atomic E-state index is -2.13. The number of rotatable bonds is 38. The average Bonchev–Trinajstić information content (AvgIpc) is 0.858. The van der Waals surface area contributed by atoms with Crippen LogP contribution in [0.5, 0.6) is 23.0 Å². The first kappa shape index (κ1) is 81.0. The van der Waals surface area contributed by atoms with Gasteiger partial charge in [-0.3, -0.25) is 57.5 Å². The average molecular weight is 1420 g/mol. The van der Waals surface area contributed by atoms with Gasteiger partial charge in [-0.15, -0.1) is 0 Å². The second-order valence-corrected chi connectivity index (χ2v) is 24.6. The number of carbonyl (C=O) groups excluding carboxylic acids is 10. The van der Waals surface area contributed by atoms with E-state index in [1.54, 1.807) is 42.5 Å². The zero-order chi connectivity index (χ0) is 75.7. The Kier molecular flexibility index (Phi) is 30.6. The number of carbonyl (C=O) groups is 13. The van der Waals surface area contributed by atoms with Crippen LogP contribution < -0.4 is 58.9 Å². The van der Waals surface area contributed by atoms with E-state index in [0.29, 0.717) is 27.8 Å². The van der Waals surface area contributed by atoms with Crippen LogP contribution in [0.15, 0.2) is 127 Å². The molecule has 0 saturated heterocycles. The minimum absolute atomic E-state index is 0.0147. The Morgan fingerprint density at radius 1 is 0.314 bits per heavy atom. The molecule has 0 saturated carbocycles. The fraction of sp³-hybridized carbons (Fsp3) is 0.377. The molecule has 33 nitrogen and oxygen atoms in total. The molecule has 0 unspecified atom stereocenters. The van der Waals surface area contributed by atoms with Gasteiger partial charge >= 0.3 is 17.9 Å². The molecule has 0 spiro atoms. The summed E-state index contributed by atoms with van der Waals surface area (Å²) in [7, 11) is 0. The van der Waals surface area contributed by atoms with Gasteiger partial charge in [-0.25, -0.2) is 4.79 Å². The van der Waals surface area contributed by atoms with E-state index in [0.717, 1.165) is 20.8 Å². The zero-order valence-corrected chi connectivity index (χ0v) is 56.1. The van der Waals surface area contributed by atoms with E-state index >= 15 is 0 Å². The van der Waals surface area contributed by atoms with E-state index < -0.39 is 174 Å². The van der Waals surface area contributed by atoms with Crippen molar-refractivity contribution in [1.82, 2.24) is 53.2 Å². The number of hydrogen-bond donors (Lipinski definition) is 20. The number of nitrogens with one attached hydrogen (secondary N) is 10. The van der Waals surface area contributed by atoms with Gasteiger partial charge in [0.25, 0.3) is 0 Å². The summed E-state index contributed by atoms with van der Waals surface area (Å²) in [6.45, 7) is 6.19. The molecule has 0 fully saturated rings. The van der Waals surface area contributed by atoms with Crippen LogP contribution in [0.2, 0.25) is 0 Å². The summed E-state index contributed by atoms with van der Waals surface area (Å²) in [5.41, 5.74) is 8.32. The van der Waals surface area contributed by atoms with Gasteiger partial charge in [-0.1, -0.05) is 92.7 Å². The second kappa shape index (κ2) is 38.6. The maximum Gasteiger partial charge on any atom is 0.326 e. The van der Waals surface area contributed by atoms with Crippen LogP contribution in [0, 0.1) is 5.92 Å². The van der Waals surface area contributed by atoms with Crippen molar-refractivity contribution in [3.8, 4) is 23.0 Å². The summed E-state index contributed by atoms with van der Waals surface area (Å²) in [5.74, 6) is -17.5. The smallest absolute Gasteiger partial charge is 0.326 e. The van der Waals surface area contributed by atoms with Crippen molar-refractivity contribution in [2.24, 2.45) is 11.7 Å². The molecular weight excluding hydrogens is 1330 g/mol. The molecule has 5 rings (SSSR count). The lowest BCUT2D eigenvalue weighted by Gasteiger charge is -2.29. The van der Waals surface area contributed by atoms with Crippen LogP contribution in [0.3, 0.4) is 0 Å². The minimum Gasteiger partial charge on any atom is -0.508 e. The first-order valence-electron chi connectivity index (χ1n) is 32.0. The Bertz CT molecular complexity index is 3750. The topological polar surface area (TPSA) is 550 Å². The fourth-order valence-corrected chi connectivity index (χ4v) is 10.1. The summed E-state index contributed by atoms with van der Waals surface area (Å²) in [5, 5.41) is 114. The number of aromatic hydroxyl groups is 4. The van der Waals surface area contributed by atoms with E-state index in [1.165, 1.54) is 98.8 Å². The number of carboxylic acids is 3. The van der Waals surface area contributed by atoms with Crippen molar-refractivity contribution >= 4 is 77.0 Å². The number of phenolic OH excluding ortho intramolecular Hbond substituents is 4. The van der Waals surface area contributed by atoms with Gasteiger partial charge in [0.2, 0.25) is 59.1 Å². The Morgan fingerprint density at radius 2 is 0.588 bits per heavy atom. The maximum atomic E-state index is 14.5. The number of carboxylic acid groups (broad SMARTS) is 3. The number of nitrogens with two attached hydrogens (primary N) is 1. The molecule has 0 radical (unpaired) electrons. The van der Waals surface area contributed by atoms with Gasteiger partial charge in [0.1, 0.15) is 83.4 Å². The number of benzene rings is 5. The molecule has 0 aromatic heterocycles. The maximum absolute atomic E-state index is 14.5. The lowest BCUT2D eigenvalue weighted by molar-refractivity contribution is -0.144. The van der Waals surface area contributed by atoms with Crippen LogP contribution in [0.25, 0.3) is 0 Å². The third-order valence-corrected chi connectivity index (χ3v) is 15.8. The number of hydrogen-bond acceptors (Lipinski definition) is 20. The summed E-state index contributed by atoms with van der Waals surface area (Å²) in [6, 6.07) is 11.1. The Balaban J connectivity index is 1.31. The van der Waals surface area contributed by atoms with Crippen molar-refractivity contribution in [3.05, 3.63) is 155 Å². The second-order valence-electron chi connectivity index (χ2n) is 24.6. The normalized spacial score (nSPS) is 14.9. The molecule has 21 N–H and O–H groups in total. The highest BCUT2D eigenvalue weighted by Gasteiger charge is 2.39. The molecule has 0 aliphatic carbocycles. The number of amides is 10. The van der Waals surface area contributed by atoms with Crippen molar-refractivity contribution in [3.63, 3.8) is 0 Å². The third kappa shape index (κ3) is 26.2. The van der Waals surface area contributed by atoms with Gasteiger partial charge in [-0.2, -0.15) is 0 Å². The van der Waals surface area contributed by atoms with Gasteiger partial charge < -0.3 is 105 Å². The number of aliphatic hydroxyl groups is 2. The standard InChI is InChI=1S/C69H85N11O22/c1-34(2)56(78-64(96)50(30-41-15-23-45(85)24-16-41)73-60(92)47(70)27-39-11-19-43(83)20-12-39)66(98)80-58(37(5)82)68(100)76-52(33-55(89)90)65(97)79-57(36(4)81)67(99)71-35(3)59(91)72-48(29-40-13-21-44(84)22-14-40)61(93)74-49(28-38-9-7-6-8-10-38)62(94)75-51(32-54(87)88)63(95)77-53(69(101)102)31-42-17-25-46(86)26-18-42/h6-26,34-37,47-53,56-58,81-86H,27-33,70H2,1-5H3,(H,71,99)(H,72,91)(H,73,92)(H,74,93)(H,75,94)(H,76,100)(H,77,95)(H,78,96)(H,79,97)(H,80,98)(H,87,88)(H,89,90)(H,101,102)/t35-,36+,37+,47-,48-,49-,50-,51-,52-,53-,56-,57-,58-/m0/s1. The lowest BCUT2D eigenvalue weighted by Crippen LogP contribution is -2.63. The third-order valence-electron chi connectivity index (χ3n) is 15.8. The molecule has 548 valence electrons. The van der Waals surface area contributed by atoms with E-state index in [9.17, 15) is 108 Å². The molecule has 33 heteroatoms. The fourth-order valence-electron chi connectivity index (χ4n) is 10.1. The number of aliphatic hydroxyl groups excluding tert-OH is 2. The van der Waals surface area contributed by atoms with Crippen LogP contribution in [0.1, 0.15) is 75.3 Å². The lowest BCUT2D eigenvalue weighted by atomic mass is 9.99. The van der Waals surface area contributed by atoms with Crippen molar-refractivity contribution in [2.45, 2.75) is 158 Å². The van der Waals surface area contributed by atoms with E-state index in [-0.39, 0.29) is 55.1 Å². The number of aliphatic carboxylic acids is 3. The zero-order valence-electron chi connectivity index (χ0n) is 56.1. The van der Waals surface area contributed by atoms with E-state index in [2.05, 4.69) is 53.2 Å². The monoisotopic (exact) mass is 1420 g/mol. The molecule has 0 bridgehead atoms. The van der Waals surface area contributed by atoms with Crippen molar-refractivity contribution < 1.29 is 108 Å². The molecule has 13 atom stereocenters. The summed E-state index contributed by atoms with van der Waals surface area (Å²) in [6.07, 6.45) is -7.19. The van der Waals surface area contributed by atoms with E-state index in [4.69, 9.17) is 5.73 Å². The Labute approximate surface area is 584 Å². The van der Waals surface area contributed by atoms with E-state index in [1.807, 2.05) is 0 Å². The summed E-state index contributed by atoms with van der Waals surface area (Å²) in [4.78, 5) is 177.